The average molecular weight is 520 g/mol. The topological polar surface area (TPSA) is 62.3 Å². The number of piperidine rings is 1. The molecule has 2 fully saturated rings. The Morgan fingerprint density at radius 2 is 1.84 bits per heavy atom. The normalized spacial score (nSPS) is 18.9. The van der Waals surface area contributed by atoms with Gasteiger partial charge in [-0.3, -0.25) is 0 Å². The molecule has 1 aromatic heterocycles. The summed E-state index contributed by atoms with van der Waals surface area (Å²) in [5.74, 6) is 2.82. The fraction of sp³-hybridized carbons (Fsp3) is 0.414. The summed E-state index contributed by atoms with van der Waals surface area (Å²) in [7, 11) is 0. The molecule has 0 bridgehead atoms. The van der Waals surface area contributed by atoms with Crippen molar-refractivity contribution in [3.63, 3.8) is 0 Å². The monoisotopic (exact) mass is 519 g/mol. The lowest BCUT2D eigenvalue weighted by molar-refractivity contribution is 0.434. The van der Waals surface area contributed by atoms with Crippen LogP contribution in [0.2, 0.25) is 0 Å². The van der Waals surface area contributed by atoms with Crippen LogP contribution in [0.25, 0.3) is 0 Å². The number of nitrogens with zero attached hydrogens (tertiary/aromatic N) is 3. The fourth-order valence-electron chi connectivity index (χ4n) is 5.51. The minimum Gasteiger partial charge on any atom is -0.439 e. The lowest BCUT2D eigenvalue weighted by atomic mass is 9.79. The van der Waals surface area contributed by atoms with Crippen LogP contribution in [0.5, 0.6) is 11.6 Å². The van der Waals surface area contributed by atoms with Gasteiger partial charge in [-0.05, 0) is 73.6 Å². The second-order valence-electron chi connectivity index (χ2n) is 10.3. The van der Waals surface area contributed by atoms with E-state index in [0.717, 1.165) is 56.6 Å². The van der Waals surface area contributed by atoms with Gasteiger partial charge < -0.3 is 20.3 Å². The first-order valence-corrected chi connectivity index (χ1v) is 13.6. The third-order valence-electron chi connectivity index (χ3n) is 7.47. The summed E-state index contributed by atoms with van der Waals surface area (Å²) < 4.78 is 19.6. The maximum absolute atomic E-state index is 13.5. The predicted molar refractivity (Wildman–Crippen MR) is 150 cm³/mol. The molecule has 2 aliphatic rings. The summed E-state index contributed by atoms with van der Waals surface area (Å²) >= 11 is 5.67. The Morgan fingerprint density at radius 3 is 2.57 bits per heavy atom. The van der Waals surface area contributed by atoms with Gasteiger partial charge in [-0.25, -0.2) is 4.39 Å². The standard InChI is InChI=1S/C29H34FN5OS/c1-21-8-7-17-35(19-21)25-18-26(36-24-9-3-2-4-10-24)33-27(32-25)34-28(37)31-20-29(15-5-6-16-29)22-11-13-23(30)14-12-22/h2-4,9-14,18,21H,5-8,15-17,19-20H2,1H3,(H2,31,32,33,34,37)/t21-/m0/s1. The lowest BCUT2D eigenvalue weighted by Crippen LogP contribution is -2.41. The lowest BCUT2D eigenvalue weighted by Gasteiger charge is -2.32. The third kappa shape index (κ3) is 6.36. The van der Waals surface area contributed by atoms with E-state index in [1.54, 1.807) is 12.1 Å². The molecule has 1 aliphatic heterocycles. The number of halogens is 1. The van der Waals surface area contributed by atoms with Gasteiger partial charge in [0.05, 0.1) is 0 Å². The van der Waals surface area contributed by atoms with Gasteiger partial charge in [0.2, 0.25) is 11.8 Å². The molecule has 1 saturated heterocycles. The highest BCUT2D eigenvalue weighted by molar-refractivity contribution is 7.80. The van der Waals surface area contributed by atoms with Crippen molar-refractivity contribution in [1.82, 2.24) is 15.3 Å². The van der Waals surface area contributed by atoms with Crippen molar-refractivity contribution in [1.29, 1.82) is 0 Å². The molecule has 37 heavy (non-hydrogen) atoms. The van der Waals surface area contributed by atoms with E-state index >= 15 is 0 Å². The van der Waals surface area contributed by atoms with Gasteiger partial charge in [0.25, 0.3) is 0 Å². The van der Waals surface area contributed by atoms with Gasteiger partial charge in [0.1, 0.15) is 17.4 Å². The predicted octanol–water partition coefficient (Wildman–Crippen LogP) is 6.44. The Hall–Kier alpha value is -3.26. The van der Waals surface area contributed by atoms with Crippen LogP contribution in [0.15, 0.2) is 60.7 Å². The molecule has 2 N–H and O–H groups in total. The Bertz CT molecular complexity index is 1200. The van der Waals surface area contributed by atoms with Crippen molar-refractivity contribution in [2.45, 2.75) is 50.9 Å². The molecule has 1 atom stereocenters. The van der Waals surface area contributed by atoms with Crippen LogP contribution in [0.3, 0.4) is 0 Å². The first-order chi connectivity index (χ1) is 18.0. The van der Waals surface area contributed by atoms with E-state index < -0.39 is 0 Å². The third-order valence-corrected chi connectivity index (χ3v) is 7.71. The van der Waals surface area contributed by atoms with Gasteiger partial charge in [0, 0.05) is 31.1 Å². The Labute approximate surface area is 223 Å². The van der Waals surface area contributed by atoms with E-state index in [1.165, 1.54) is 6.42 Å². The minimum absolute atomic E-state index is 0.0618. The zero-order valence-electron chi connectivity index (χ0n) is 21.3. The highest BCUT2D eigenvalue weighted by Gasteiger charge is 2.35. The van der Waals surface area contributed by atoms with Crippen LogP contribution in [-0.4, -0.2) is 34.7 Å². The van der Waals surface area contributed by atoms with Crippen molar-refractivity contribution in [3.8, 4) is 11.6 Å². The molecule has 1 aliphatic carbocycles. The number of rotatable bonds is 7. The molecule has 0 unspecified atom stereocenters. The fourth-order valence-corrected chi connectivity index (χ4v) is 5.67. The molecule has 194 valence electrons. The second-order valence-corrected chi connectivity index (χ2v) is 10.7. The van der Waals surface area contributed by atoms with Crippen LogP contribution >= 0.6 is 12.2 Å². The number of hydrogen-bond donors (Lipinski definition) is 2. The molecule has 8 heteroatoms. The first-order valence-electron chi connectivity index (χ1n) is 13.2. The second kappa shape index (κ2) is 11.4. The molecule has 2 heterocycles. The molecule has 3 aromatic rings. The quantitative estimate of drug-likeness (QED) is 0.348. The summed E-state index contributed by atoms with van der Waals surface area (Å²) in [5, 5.41) is 7.05. The molecule has 0 amide bonds. The number of anilines is 2. The number of thiocarbonyl (C=S) groups is 1. The zero-order valence-corrected chi connectivity index (χ0v) is 22.1. The Balaban J connectivity index is 1.32. The molecule has 0 radical (unpaired) electrons. The summed E-state index contributed by atoms with van der Waals surface area (Å²) in [6.45, 7) is 4.84. The first kappa shape index (κ1) is 25.4. The maximum atomic E-state index is 13.5. The van der Waals surface area contributed by atoms with Crippen LogP contribution in [0.4, 0.5) is 16.2 Å². The summed E-state index contributed by atoms with van der Waals surface area (Å²) in [6, 6.07) is 18.4. The van der Waals surface area contributed by atoms with Gasteiger partial charge in [0.15, 0.2) is 5.11 Å². The number of nitrogens with one attached hydrogen (secondary N) is 2. The van der Waals surface area contributed by atoms with Crippen LogP contribution in [0.1, 0.15) is 51.0 Å². The van der Waals surface area contributed by atoms with Gasteiger partial charge >= 0.3 is 0 Å². The van der Waals surface area contributed by atoms with Crippen molar-refractivity contribution in [2.75, 3.05) is 29.9 Å². The SMILES string of the molecule is C[C@H]1CCCN(c2cc(Oc3ccccc3)nc(NC(=S)NCC3(c4ccc(F)cc4)CCCC3)n2)C1. The van der Waals surface area contributed by atoms with Gasteiger partial charge in [-0.1, -0.05) is 50.1 Å². The van der Waals surface area contributed by atoms with Crippen molar-refractivity contribution in [3.05, 3.63) is 72.0 Å². The number of benzene rings is 2. The zero-order chi connectivity index (χ0) is 25.7. The molecule has 2 aromatic carbocycles. The molecule has 6 nitrogen and oxygen atoms in total. The van der Waals surface area contributed by atoms with E-state index in [4.69, 9.17) is 21.9 Å². The van der Waals surface area contributed by atoms with Crippen molar-refractivity contribution in [2.24, 2.45) is 5.92 Å². The average Bonchev–Trinajstić information content (AvgIpc) is 3.39. The Morgan fingerprint density at radius 1 is 1.08 bits per heavy atom. The largest absolute Gasteiger partial charge is 0.439 e. The van der Waals surface area contributed by atoms with E-state index in [1.807, 2.05) is 48.5 Å². The molecule has 5 rings (SSSR count). The summed E-state index contributed by atoms with van der Waals surface area (Å²) in [4.78, 5) is 11.7. The highest BCUT2D eigenvalue weighted by Crippen LogP contribution is 2.40. The molecular weight excluding hydrogens is 485 g/mol. The molecule has 0 spiro atoms. The van der Waals surface area contributed by atoms with Crippen LogP contribution < -0.4 is 20.3 Å². The van der Waals surface area contributed by atoms with E-state index in [2.05, 4.69) is 27.4 Å². The minimum atomic E-state index is -0.212. The highest BCUT2D eigenvalue weighted by atomic mass is 32.1. The molecule has 1 saturated carbocycles. The summed E-state index contributed by atoms with van der Waals surface area (Å²) in [6.07, 6.45) is 6.75. The van der Waals surface area contributed by atoms with Crippen LogP contribution in [-0.2, 0) is 5.41 Å². The van der Waals surface area contributed by atoms with Crippen molar-refractivity contribution >= 4 is 29.1 Å². The summed E-state index contributed by atoms with van der Waals surface area (Å²) in [5.41, 5.74) is 1.09. The number of hydrogen-bond acceptors (Lipinski definition) is 5. The number of para-hydroxylation sites is 1. The number of aromatic nitrogens is 2. The van der Waals surface area contributed by atoms with E-state index in [9.17, 15) is 4.39 Å². The maximum Gasteiger partial charge on any atom is 0.234 e. The van der Waals surface area contributed by atoms with Gasteiger partial charge in [-0.2, -0.15) is 9.97 Å². The molecular formula is C29H34FN5OS. The van der Waals surface area contributed by atoms with Gasteiger partial charge in [-0.15, -0.1) is 0 Å². The van der Waals surface area contributed by atoms with E-state index in [0.29, 0.717) is 35.2 Å². The van der Waals surface area contributed by atoms with Crippen molar-refractivity contribution < 1.29 is 9.13 Å². The van der Waals surface area contributed by atoms with E-state index in [-0.39, 0.29) is 11.2 Å². The Kier molecular flexibility index (Phi) is 7.84. The van der Waals surface area contributed by atoms with Crippen LogP contribution in [0, 0.1) is 11.7 Å². The smallest absolute Gasteiger partial charge is 0.234 e. The number of ether oxygens (including phenoxy) is 1.